The number of carbonyl (C=O) groups excluding carboxylic acids is 4. The summed E-state index contributed by atoms with van der Waals surface area (Å²) in [6.45, 7) is 10.3. The summed E-state index contributed by atoms with van der Waals surface area (Å²) in [6.07, 6.45) is 2.11. The molecule has 72 heavy (non-hydrogen) atoms. The smallest absolute Gasteiger partial charge is 0.355 e. The minimum Gasteiger partial charge on any atom is -0.493 e. The number of amides is 4. The Morgan fingerprint density at radius 3 is 2.50 bits per heavy atom. The number of anilines is 3. The number of fused-ring (bicyclic) bond motifs is 3. The topological polar surface area (TPSA) is 204 Å². The van der Waals surface area contributed by atoms with Gasteiger partial charge < -0.3 is 20.1 Å². The van der Waals surface area contributed by atoms with Gasteiger partial charge >= 0.3 is 5.97 Å². The zero-order valence-corrected chi connectivity index (χ0v) is 41.4. The van der Waals surface area contributed by atoms with Crippen LogP contribution in [-0.2, 0) is 34.4 Å². The van der Waals surface area contributed by atoms with Gasteiger partial charge in [-0.15, -0.1) is 0 Å². The molecule has 370 valence electrons. The van der Waals surface area contributed by atoms with Crippen LogP contribution in [0.15, 0.2) is 91.0 Å². The molecule has 3 aromatic heterocycles. The molecule has 7 aromatic rings. The number of para-hydroxylation sites is 1. The molecule has 3 aliphatic rings. The van der Waals surface area contributed by atoms with E-state index in [0.717, 1.165) is 69.4 Å². The summed E-state index contributed by atoms with van der Waals surface area (Å²) >= 11 is 1.42. The number of ether oxygens (including phenoxy) is 1. The lowest BCUT2D eigenvalue weighted by atomic mass is 9.93. The number of nitrogens with one attached hydrogen (secondary N) is 3. The lowest BCUT2D eigenvalue weighted by Gasteiger charge is -2.44. The van der Waals surface area contributed by atoms with E-state index in [1.54, 1.807) is 11.7 Å². The van der Waals surface area contributed by atoms with Gasteiger partial charge in [0, 0.05) is 80.5 Å². The van der Waals surface area contributed by atoms with Crippen molar-refractivity contribution in [2.24, 2.45) is 7.05 Å². The first kappa shape index (κ1) is 48.1. The zero-order chi connectivity index (χ0) is 50.2. The van der Waals surface area contributed by atoms with Gasteiger partial charge in [-0.3, -0.25) is 44.3 Å². The number of benzene rings is 4. The Labute approximate surface area is 420 Å². The van der Waals surface area contributed by atoms with Crippen LogP contribution >= 0.6 is 11.3 Å². The highest BCUT2D eigenvalue weighted by Crippen LogP contribution is 2.36. The lowest BCUT2D eigenvalue weighted by molar-refractivity contribution is -0.134. The molecule has 3 atom stereocenters. The lowest BCUT2D eigenvalue weighted by Crippen LogP contribution is -2.58. The molecule has 2 fully saturated rings. The van der Waals surface area contributed by atoms with Crippen molar-refractivity contribution in [2.75, 3.05) is 54.9 Å². The number of hydrogen-bond donors (Lipinski definition) is 4. The van der Waals surface area contributed by atoms with Crippen molar-refractivity contribution >= 4 is 78.7 Å². The SMILES string of the molecule is Cc1c(OCCCN2C(C)CN(CC(=O)Nc3ccc4c(C5CCC(=O)NC5=O)nn(C)c4c3)C[C@@H]2C)cccc1-c1ccc(N2CCc3cccc(C(=O)Nc4nc5ccccc5s4)c3C2)nc1C(=O)O. The number of carboxylic acid groups (broad SMARTS) is 1. The number of hydrogen-bond acceptors (Lipinski definition) is 13. The number of nitrogens with zero attached hydrogens (tertiary/aromatic N) is 7. The third kappa shape index (κ3) is 9.89. The summed E-state index contributed by atoms with van der Waals surface area (Å²) in [7, 11) is 1.80. The predicted molar refractivity (Wildman–Crippen MR) is 277 cm³/mol. The first-order valence-corrected chi connectivity index (χ1v) is 25.2. The maximum atomic E-state index is 13.7. The number of imide groups is 1. The van der Waals surface area contributed by atoms with Crippen LogP contribution in [0.1, 0.15) is 82.3 Å². The summed E-state index contributed by atoms with van der Waals surface area (Å²) < 4.78 is 9.05. The quantitative estimate of drug-likeness (QED) is 0.0621. The first-order chi connectivity index (χ1) is 34.8. The highest BCUT2D eigenvalue weighted by molar-refractivity contribution is 7.22. The molecule has 4 amide bonds. The van der Waals surface area contributed by atoms with Crippen molar-refractivity contribution < 1.29 is 33.8 Å². The second-order valence-corrected chi connectivity index (χ2v) is 20.0. The zero-order valence-electron chi connectivity index (χ0n) is 40.6. The Balaban J connectivity index is 0.729. The van der Waals surface area contributed by atoms with E-state index in [9.17, 15) is 29.1 Å². The van der Waals surface area contributed by atoms with Crippen molar-refractivity contribution in [2.45, 2.75) is 71.0 Å². The fraction of sp³-hybridized carbons (Fsp3) is 0.333. The van der Waals surface area contributed by atoms with Crippen LogP contribution in [0.2, 0.25) is 0 Å². The number of aryl methyl sites for hydroxylation is 1. The van der Waals surface area contributed by atoms with Gasteiger partial charge in [0.1, 0.15) is 11.6 Å². The number of carboxylic acids is 1. The Kier molecular flexibility index (Phi) is 13.6. The number of pyridine rings is 1. The van der Waals surface area contributed by atoms with Gasteiger partial charge in [0.15, 0.2) is 10.8 Å². The number of thiazole rings is 1. The summed E-state index contributed by atoms with van der Waals surface area (Å²) in [5, 5.41) is 24.9. The van der Waals surface area contributed by atoms with Gasteiger partial charge in [-0.05, 0) is 117 Å². The van der Waals surface area contributed by atoms with Crippen LogP contribution in [0, 0.1) is 6.92 Å². The number of piperidine rings is 1. The van der Waals surface area contributed by atoms with Crippen molar-refractivity contribution in [3.63, 3.8) is 0 Å². The van der Waals surface area contributed by atoms with Crippen LogP contribution in [-0.4, -0.2) is 116 Å². The molecule has 2 saturated heterocycles. The monoisotopic (exact) mass is 988 g/mol. The van der Waals surface area contributed by atoms with Crippen LogP contribution in [0.25, 0.3) is 32.2 Å². The van der Waals surface area contributed by atoms with E-state index in [2.05, 4.69) is 49.7 Å². The van der Waals surface area contributed by atoms with Crippen molar-refractivity contribution in [1.82, 2.24) is 34.9 Å². The maximum absolute atomic E-state index is 13.7. The van der Waals surface area contributed by atoms with E-state index < -0.39 is 11.9 Å². The Morgan fingerprint density at radius 1 is 0.903 bits per heavy atom. The number of piperazine rings is 1. The van der Waals surface area contributed by atoms with Crippen LogP contribution in [0.3, 0.4) is 0 Å². The molecule has 3 aliphatic heterocycles. The summed E-state index contributed by atoms with van der Waals surface area (Å²) in [5.41, 5.74) is 7.34. The third-order valence-corrected chi connectivity index (χ3v) is 15.1. The van der Waals surface area contributed by atoms with E-state index in [-0.39, 0.29) is 54.4 Å². The van der Waals surface area contributed by atoms with Crippen molar-refractivity contribution in [3.8, 4) is 16.9 Å². The fourth-order valence-electron chi connectivity index (χ4n) is 10.6. The van der Waals surface area contributed by atoms with E-state index in [0.29, 0.717) is 71.7 Å². The molecule has 10 rings (SSSR count). The molecule has 0 spiro atoms. The molecular formula is C54H56N10O7S. The Morgan fingerprint density at radius 2 is 1.71 bits per heavy atom. The van der Waals surface area contributed by atoms with E-state index >= 15 is 0 Å². The molecule has 4 N–H and O–H groups in total. The minimum atomic E-state index is -1.14. The van der Waals surface area contributed by atoms with Crippen molar-refractivity contribution in [3.05, 3.63) is 125 Å². The molecule has 18 heteroatoms. The van der Waals surface area contributed by atoms with Gasteiger partial charge in [-0.1, -0.05) is 47.7 Å². The summed E-state index contributed by atoms with van der Waals surface area (Å²) in [5.74, 6) is -1.42. The van der Waals surface area contributed by atoms with E-state index in [1.165, 1.54) is 11.3 Å². The third-order valence-electron chi connectivity index (χ3n) is 14.1. The number of aromatic nitrogens is 4. The van der Waals surface area contributed by atoms with Crippen LogP contribution in [0.5, 0.6) is 5.75 Å². The number of aromatic carboxylic acids is 1. The average molecular weight is 989 g/mol. The van der Waals surface area contributed by atoms with Gasteiger partial charge in [0.25, 0.3) is 5.91 Å². The second kappa shape index (κ2) is 20.3. The Hall–Kier alpha value is -7.54. The molecule has 0 saturated carbocycles. The minimum absolute atomic E-state index is 0.0618. The van der Waals surface area contributed by atoms with Crippen molar-refractivity contribution in [1.29, 1.82) is 0 Å². The Bertz CT molecular complexity index is 3230. The molecule has 17 nitrogen and oxygen atoms in total. The molecule has 0 bridgehead atoms. The maximum Gasteiger partial charge on any atom is 0.355 e. The van der Waals surface area contributed by atoms with Gasteiger partial charge in [0.2, 0.25) is 17.7 Å². The molecular weight excluding hydrogens is 933 g/mol. The van der Waals surface area contributed by atoms with Crippen LogP contribution in [0.4, 0.5) is 16.6 Å². The van der Waals surface area contributed by atoms with Gasteiger partial charge in [-0.25, -0.2) is 14.8 Å². The first-order valence-electron chi connectivity index (χ1n) is 24.4. The van der Waals surface area contributed by atoms with Crippen LogP contribution < -0.4 is 25.6 Å². The summed E-state index contributed by atoms with van der Waals surface area (Å²) in [6, 6.07) is 28.8. The predicted octanol–water partition coefficient (Wildman–Crippen LogP) is 7.39. The normalized spacial score (nSPS) is 18.5. The van der Waals surface area contributed by atoms with E-state index in [4.69, 9.17) is 9.72 Å². The highest BCUT2D eigenvalue weighted by Gasteiger charge is 2.33. The molecule has 2 unspecified atom stereocenters. The highest BCUT2D eigenvalue weighted by atomic mass is 32.1. The molecule has 0 aliphatic carbocycles. The van der Waals surface area contributed by atoms with E-state index in [1.807, 2.05) is 103 Å². The fourth-order valence-corrected chi connectivity index (χ4v) is 11.5. The number of carbonyl (C=O) groups is 5. The second-order valence-electron chi connectivity index (χ2n) is 19.0. The number of rotatable bonds is 14. The standard InChI is InChI=1S/C54H56N10O7S/c1-31-27-62(30-48(66)55-35-16-17-39-43(26-35)61(4)60-49(39)40-19-21-47(65)58-52(40)68)28-32(2)64(31)23-9-25-71-44-14-8-11-36(33(44)3)37-18-20-46(57-50(37)53(69)70)63-24-22-34-10-7-12-38(41(34)29-63)51(67)59-54-56-42-13-5-6-15-45(42)72-54/h5-8,10-18,20,26,31-32,40H,9,19,21-25,27-30H2,1-4H3,(H,55,66)(H,69,70)(H,56,59,67)(H,58,65,68)/t31-,32?,40?/m0/s1. The van der Waals surface area contributed by atoms with Gasteiger partial charge in [-0.2, -0.15) is 5.10 Å². The molecule has 0 radical (unpaired) electrons. The molecule has 6 heterocycles. The molecule has 4 aromatic carbocycles. The summed E-state index contributed by atoms with van der Waals surface area (Å²) in [4.78, 5) is 80.1. The average Bonchev–Trinajstić information content (AvgIpc) is 3.92. The van der Waals surface area contributed by atoms with Gasteiger partial charge in [0.05, 0.1) is 40.5 Å². The largest absolute Gasteiger partial charge is 0.493 e.